The van der Waals surface area contributed by atoms with Crippen molar-refractivity contribution in [2.45, 2.75) is 25.8 Å². The molecule has 88 valence electrons. The zero-order valence-electron chi connectivity index (χ0n) is 9.67. The van der Waals surface area contributed by atoms with Crippen LogP contribution in [0.3, 0.4) is 0 Å². The maximum absolute atomic E-state index is 5.30. The van der Waals surface area contributed by atoms with Crippen molar-refractivity contribution in [2.24, 2.45) is 11.3 Å². The standard InChI is InChI=1S/C13H20N2O/c1-2-12(16-7-1)10-15-9-11-8-13(11)3-5-14-6-4-13/h1-2,7,11,14-15H,3-6,8-10H2. The van der Waals surface area contributed by atoms with Crippen LogP contribution < -0.4 is 10.6 Å². The highest BCUT2D eigenvalue weighted by atomic mass is 16.3. The molecule has 2 heterocycles. The summed E-state index contributed by atoms with van der Waals surface area (Å²) in [4.78, 5) is 0. The normalized spacial score (nSPS) is 27.1. The Labute approximate surface area is 96.6 Å². The molecule has 0 amide bonds. The van der Waals surface area contributed by atoms with Crippen LogP contribution in [0.5, 0.6) is 0 Å². The summed E-state index contributed by atoms with van der Waals surface area (Å²) in [6.45, 7) is 4.46. The van der Waals surface area contributed by atoms with Crippen LogP contribution in [-0.2, 0) is 6.54 Å². The van der Waals surface area contributed by atoms with Crippen molar-refractivity contribution >= 4 is 0 Å². The second kappa shape index (κ2) is 4.22. The molecule has 0 radical (unpaired) electrons. The Hall–Kier alpha value is -0.800. The Morgan fingerprint density at radius 2 is 2.31 bits per heavy atom. The maximum atomic E-state index is 5.30. The van der Waals surface area contributed by atoms with Crippen molar-refractivity contribution in [1.29, 1.82) is 0 Å². The first-order valence-corrected chi connectivity index (χ1v) is 6.33. The first-order chi connectivity index (χ1) is 7.89. The third-order valence-corrected chi connectivity index (χ3v) is 4.23. The van der Waals surface area contributed by atoms with Gasteiger partial charge in [-0.3, -0.25) is 0 Å². The second-order valence-corrected chi connectivity index (χ2v) is 5.22. The highest BCUT2D eigenvalue weighted by Gasteiger charge is 2.52. The summed E-state index contributed by atoms with van der Waals surface area (Å²) < 4.78 is 5.30. The second-order valence-electron chi connectivity index (χ2n) is 5.22. The summed E-state index contributed by atoms with van der Waals surface area (Å²) in [6, 6.07) is 3.97. The van der Waals surface area contributed by atoms with E-state index in [0.717, 1.165) is 24.8 Å². The topological polar surface area (TPSA) is 37.2 Å². The molecule has 1 aliphatic heterocycles. The molecule has 1 atom stereocenters. The Morgan fingerprint density at radius 1 is 1.44 bits per heavy atom. The van der Waals surface area contributed by atoms with Gasteiger partial charge in [-0.2, -0.15) is 0 Å². The molecule has 16 heavy (non-hydrogen) atoms. The van der Waals surface area contributed by atoms with Gasteiger partial charge in [0.2, 0.25) is 0 Å². The summed E-state index contributed by atoms with van der Waals surface area (Å²) in [5.41, 5.74) is 0.696. The number of hydrogen-bond acceptors (Lipinski definition) is 3. The summed E-state index contributed by atoms with van der Waals surface area (Å²) in [5.74, 6) is 1.95. The number of nitrogens with one attached hydrogen (secondary N) is 2. The number of rotatable bonds is 4. The van der Waals surface area contributed by atoms with E-state index in [4.69, 9.17) is 4.42 Å². The van der Waals surface area contributed by atoms with Crippen molar-refractivity contribution in [3.8, 4) is 0 Å². The highest BCUT2D eigenvalue weighted by Crippen LogP contribution is 2.58. The van der Waals surface area contributed by atoms with E-state index >= 15 is 0 Å². The summed E-state index contributed by atoms with van der Waals surface area (Å²) in [6.07, 6.45) is 5.92. The van der Waals surface area contributed by atoms with Gasteiger partial charge < -0.3 is 15.1 Å². The van der Waals surface area contributed by atoms with Gasteiger partial charge in [-0.25, -0.2) is 0 Å². The van der Waals surface area contributed by atoms with Crippen LogP contribution in [0, 0.1) is 11.3 Å². The van der Waals surface area contributed by atoms with Crippen LogP contribution in [0.15, 0.2) is 22.8 Å². The largest absolute Gasteiger partial charge is 0.468 e. The molecule has 2 fully saturated rings. The van der Waals surface area contributed by atoms with Crippen LogP contribution in [0.2, 0.25) is 0 Å². The van der Waals surface area contributed by atoms with Gasteiger partial charge in [0.25, 0.3) is 0 Å². The van der Waals surface area contributed by atoms with E-state index < -0.39 is 0 Å². The van der Waals surface area contributed by atoms with E-state index in [0.29, 0.717) is 5.41 Å². The van der Waals surface area contributed by atoms with Crippen LogP contribution >= 0.6 is 0 Å². The number of piperidine rings is 1. The van der Waals surface area contributed by atoms with Crippen molar-refractivity contribution in [3.63, 3.8) is 0 Å². The lowest BCUT2D eigenvalue weighted by atomic mass is 9.92. The highest BCUT2D eigenvalue weighted by molar-refractivity contribution is 5.05. The van der Waals surface area contributed by atoms with Crippen LogP contribution in [0.25, 0.3) is 0 Å². The minimum absolute atomic E-state index is 0.696. The molecule has 3 nitrogen and oxygen atoms in total. The fourth-order valence-electron chi connectivity index (χ4n) is 3.04. The number of furan rings is 1. The van der Waals surface area contributed by atoms with Crippen LogP contribution in [-0.4, -0.2) is 19.6 Å². The van der Waals surface area contributed by atoms with Gasteiger partial charge >= 0.3 is 0 Å². The average molecular weight is 220 g/mol. The lowest BCUT2D eigenvalue weighted by molar-refractivity contribution is 0.317. The predicted molar refractivity (Wildman–Crippen MR) is 63.1 cm³/mol. The zero-order valence-corrected chi connectivity index (χ0v) is 9.67. The fraction of sp³-hybridized carbons (Fsp3) is 0.692. The Morgan fingerprint density at radius 3 is 3.06 bits per heavy atom. The third-order valence-electron chi connectivity index (χ3n) is 4.23. The summed E-state index contributed by atoms with van der Waals surface area (Å²) in [7, 11) is 0. The lowest BCUT2D eigenvalue weighted by Crippen LogP contribution is -2.31. The number of hydrogen-bond donors (Lipinski definition) is 2. The smallest absolute Gasteiger partial charge is 0.117 e. The van der Waals surface area contributed by atoms with Gasteiger partial charge in [0.15, 0.2) is 0 Å². The minimum atomic E-state index is 0.696. The van der Waals surface area contributed by atoms with E-state index in [-0.39, 0.29) is 0 Å². The Balaban J connectivity index is 1.41. The molecular formula is C13H20N2O. The molecule has 1 aliphatic carbocycles. The van der Waals surface area contributed by atoms with Crippen molar-refractivity contribution in [3.05, 3.63) is 24.2 Å². The fourth-order valence-corrected chi connectivity index (χ4v) is 3.04. The molecule has 1 saturated carbocycles. The Bertz CT molecular complexity index is 328. The Kier molecular flexibility index (Phi) is 2.74. The van der Waals surface area contributed by atoms with Gasteiger partial charge in [0.05, 0.1) is 12.8 Å². The molecule has 0 bridgehead atoms. The third kappa shape index (κ3) is 2.02. The molecule has 0 aromatic carbocycles. The molecule has 3 rings (SSSR count). The summed E-state index contributed by atoms with van der Waals surface area (Å²) >= 11 is 0. The van der Waals surface area contributed by atoms with Crippen LogP contribution in [0.1, 0.15) is 25.0 Å². The van der Waals surface area contributed by atoms with E-state index in [1.165, 1.54) is 32.4 Å². The maximum Gasteiger partial charge on any atom is 0.117 e. The van der Waals surface area contributed by atoms with E-state index in [9.17, 15) is 0 Å². The van der Waals surface area contributed by atoms with E-state index in [1.54, 1.807) is 6.26 Å². The molecule has 1 unspecified atom stereocenters. The molecule has 2 aliphatic rings. The van der Waals surface area contributed by atoms with Crippen molar-refractivity contribution < 1.29 is 4.42 Å². The van der Waals surface area contributed by atoms with E-state index in [2.05, 4.69) is 10.6 Å². The minimum Gasteiger partial charge on any atom is -0.468 e. The molecule has 1 saturated heterocycles. The van der Waals surface area contributed by atoms with Gasteiger partial charge in [0, 0.05) is 0 Å². The molecular weight excluding hydrogens is 200 g/mol. The van der Waals surface area contributed by atoms with Gasteiger partial charge in [-0.1, -0.05) is 0 Å². The molecule has 3 heteroatoms. The predicted octanol–water partition coefficient (Wildman–Crippen LogP) is 1.76. The summed E-state index contributed by atoms with van der Waals surface area (Å²) in [5, 5.41) is 6.95. The quantitative estimate of drug-likeness (QED) is 0.812. The lowest BCUT2D eigenvalue weighted by Gasteiger charge is -2.23. The first-order valence-electron chi connectivity index (χ1n) is 6.33. The molecule has 1 aromatic rings. The SMILES string of the molecule is c1coc(CNCC2CC23CCNCC3)c1. The van der Waals surface area contributed by atoms with Gasteiger partial charge in [-0.05, 0) is 62.4 Å². The molecule has 2 N–H and O–H groups in total. The average Bonchev–Trinajstić information content (AvgIpc) is 2.78. The van der Waals surface area contributed by atoms with Gasteiger partial charge in [-0.15, -0.1) is 0 Å². The zero-order chi connectivity index (χ0) is 10.8. The molecule has 1 spiro atoms. The van der Waals surface area contributed by atoms with Gasteiger partial charge in [0.1, 0.15) is 5.76 Å². The van der Waals surface area contributed by atoms with E-state index in [1.807, 2.05) is 12.1 Å². The van der Waals surface area contributed by atoms with Crippen molar-refractivity contribution in [2.75, 3.05) is 19.6 Å². The first kappa shape index (κ1) is 10.4. The van der Waals surface area contributed by atoms with Crippen molar-refractivity contribution in [1.82, 2.24) is 10.6 Å². The van der Waals surface area contributed by atoms with Crippen LogP contribution in [0.4, 0.5) is 0 Å². The molecule has 1 aromatic heterocycles. The monoisotopic (exact) mass is 220 g/mol.